The van der Waals surface area contributed by atoms with Gasteiger partial charge in [0.25, 0.3) is 5.91 Å². The van der Waals surface area contributed by atoms with Gasteiger partial charge < -0.3 is 9.30 Å². The third-order valence-electron chi connectivity index (χ3n) is 4.70. The Hall–Kier alpha value is -3.85. The van der Waals surface area contributed by atoms with Crippen molar-refractivity contribution in [2.24, 2.45) is 12.1 Å². The van der Waals surface area contributed by atoms with Crippen molar-refractivity contribution in [3.8, 4) is 22.8 Å². The Balaban J connectivity index is 1.53. The van der Waals surface area contributed by atoms with Crippen LogP contribution < -0.4 is 10.2 Å². The van der Waals surface area contributed by atoms with Crippen molar-refractivity contribution in [3.05, 3.63) is 78.6 Å². The fourth-order valence-corrected chi connectivity index (χ4v) is 3.79. The number of nitrogens with zero attached hydrogens (tertiary/aromatic N) is 5. The Labute approximate surface area is 189 Å². The Morgan fingerprint density at radius 2 is 1.88 bits per heavy atom. The number of benzene rings is 2. The van der Waals surface area contributed by atoms with Crippen molar-refractivity contribution in [1.29, 1.82) is 0 Å². The molecule has 0 fully saturated rings. The van der Waals surface area contributed by atoms with Crippen molar-refractivity contribution in [2.45, 2.75) is 5.16 Å². The summed E-state index contributed by atoms with van der Waals surface area (Å²) in [5, 5.41) is 13.4. The van der Waals surface area contributed by atoms with Crippen LogP contribution in [-0.2, 0) is 11.8 Å². The van der Waals surface area contributed by atoms with Gasteiger partial charge in [-0.2, -0.15) is 5.10 Å². The van der Waals surface area contributed by atoms with E-state index in [1.165, 1.54) is 11.8 Å². The molecule has 1 amide bonds. The first-order chi connectivity index (χ1) is 15.7. The lowest BCUT2D eigenvalue weighted by molar-refractivity contribution is -0.118. The van der Waals surface area contributed by atoms with Gasteiger partial charge in [-0.1, -0.05) is 42.1 Å². The van der Waals surface area contributed by atoms with E-state index in [0.29, 0.717) is 11.0 Å². The highest BCUT2D eigenvalue weighted by atomic mass is 32.2. The van der Waals surface area contributed by atoms with E-state index in [-0.39, 0.29) is 11.7 Å². The Kier molecular flexibility index (Phi) is 6.66. The molecule has 0 radical (unpaired) electrons. The van der Waals surface area contributed by atoms with Crippen molar-refractivity contribution in [2.75, 3.05) is 12.9 Å². The quantitative estimate of drug-likeness (QED) is 0.254. The highest BCUT2D eigenvalue weighted by Gasteiger charge is 2.17. The Morgan fingerprint density at radius 3 is 2.56 bits per heavy atom. The second-order valence-electron chi connectivity index (χ2n) is 6.83. The van der Waals surface area contributed by atoms with Gasteiger partial charge in [0.1, 0.15) is 5.75 Å². The van der Waals surface area contributed by atoms with Crippen molar-refractivity contribution < 1.29 is 9.53 Å². The van der Waals surface area contributed by atoms with E-state index in [1.807, 2.05) is 89.1 Å². The van der Waals surface area contributed by atoms with Gasteiger partial charge in [0, 0.05) is 24.5 Å². The number of hydrazone groups is 1. The zero-order valence-corrected chi connectivity index (χ0v) is 18.5. The summed E-state index contributed by atoms with van der Waals surface area (Å²) in [4.78, 5) is 12.3. The summed E-state index contributed by atoms with van der Waals surface area (Å²) in [5.41, 5.74) is 5.25. The molecule has 0 saturated carbocycles. The lowest BCUT2D eigenvalue weighted by Crippen LogP contribution is -2.20. The van der Waals surface area contributed by atoms with E-state index in [9.17, 15) is 4.79 Å². The average molecular weight is 447 g/mol. The molecule has 2 heterocycles. The molecule has 0 bridgehead atoms. The summed E-state index contributed by atoms with van der Waals surface area (Å²) in [6.07, 6.45) is 3.52. The topological polar surface area (TPSA) is 86.3 Å². The number of nitrogens with one attached hydrogen (secondary N) is 1. The normalized spacial score (nSPS) is 11.1. The van der Waals surface area contributed by atoms with Crippen molar-refractivity contribution in [1.82, 2.24) is 24.8 Å². The molecule has 0 saturated heterocycles. The Morgan fingerprint density at radius 1 is 1.09 bits per heavy atom. The van der Waals surface area contributed by atoms with Gasteiger partial charge in [-0.3, -0.25) is 9.36 Å². The number of rotatable bonds is 8. The number of hydrogen-bond donors (Lipinski definition) is 1. The molecule has 4 rings (SSSR count). The number of amides is 1. The predicted molar refractivity (Wildman–Crippen MR) is 125 cm³/mol. The van der Waals surface area contributed by atoms with Crippen molar-refractivity contribution >= 4 is 23.9 Å². The van der Waals surface area contributed by atoms with Gasteiger partial charge in [-0.25, -0.2) is 5.43 Å². The first kappa shape index (κ1) is 21.4. The number of aromatic nitrogens is 4. The van der Waals surface area contributed by atoms with Crippen LogP contribution in [0.2, 0.25) is 0 Å². The first-order valence-electron chi connectivity index (χ1n) is 9.87. The van der Waals surface area contributed by atoms with Crippen LogP contribution in [0.25, 0.3) is 17.1 Å². The molecule has 2 aromatic carbocycles. The minimum absolute atomic E-state index is 0.146. The van der Waals surface area contributed by atoms with E-state index >= 15 is 0 Å². The number of methoxy groups -OCH3 is 1. The summed E-state index contributed by atoms with van der Waals surface area (Å²) in [7, 11) is 3.54. The summed E-state index contributed by atoms with van der Waals surface area (Å²) < 4.78 is 9.11. The summed E-state index contributed by atoms with van der Waals surface area (Å²) in [6.45, 7) is 0. The molecule has 0 aliphatic carbocycles. The number of ether oxygens (including phenoxy) is 1. The number of thioether (sulfide) groups is 1. The fraction of sp³-hybridized carbons (Fsp3) is 0.130. The van der Waals surface area contributed by atoms with Crippen LogP contribution in [0.3, 0.4) is 0 Å². The van der Waals surface area contributed by atoms with E-state index in [2.05, 4.69) is 20.7 Å². The second-order valence-corrected chi connectivity index (χ2v) is 7.77. The van der Waals surface area contributed by atoms with Crippen LogP contribution in [0.15, 0.2) is 83.2 Å². The molecule has 2 aromatic heterocycles. The maximum Gasteiger partial charge on any atom is 0.250 e. The molecule has 8 nitrogen and oxygen atoms in total. The van der Waals surface area contributed by atoms with Gasteiger partial charge in [0.2, 0.25) is 0 Å². The molecule has 4 aromatic rings. The zero-order valence-electron chi connectivity index (χ0n) is 17.7. The smallest absolute Gasteiger partial charge is 0.250 e. The number of aryl methyl sites for hydroxylation is 1. The standard InChI is InChI=1S/C23H22N6O2S/c1-28-14-6-9-19(28)15-24-25-21(30)16-32-23-27-26-22(17-7-4-3-5-8-17)29(23)18-10-12-20(31-2)13-11-18/h3-15H,16H2,1-2H3,(H,25,30)/b24-15+. The first-order valence-corrected chi connectivity index (χ1v) is 10.9. The average Bonchev–Trinajstić information content (AvgIpc) is 3.44. The second kappa shape index (κ2) is 9.97. The molecule has 162 valence electrons. The van der Waals surface area contributed by atoms with E-state index in [4.69, 9.17) is 4.74 Å². The summed E-state index contributed by atoms with van der Waals surface area (Å²) >= 11 is 1.29. The third-order valence-corrected chi connectivity index (χ3v) is 5.63. The fourth-order valence-electron chi connectivity index (χ4n) is 3.04. The van der Waals surface area contributed by atoms with Gasteiger partial charge in [-0.15, -0.1) is 10.2 Å². The van der Waals surface area contributed by atoms with Crippen LogP contribution in [0.1, 0.15) is 5.69 Å². The molecule has 1 N–H and O–H groups in total. The van der Waals surface area contributed by atoms with Crippen molar-refractivity contribution in [3.63, 3.8) is 0 Å². The minimum Gasteiger partial charge on any atom is -0.497 e. The molecule has 32 heavy (non-hydrogen) atoms. The number of carbonyl (C=O) groups is 1. The van der Waals surface area contributed by atoms with Gasteiger partial charge in [0.15, 0.2) is 11.0 Å². The third kappa shape index (κ3) is 4.89. The van der Waals surface area contributed by atoms with Gasteiger partial charge in [0.05, 0.1) is 24.8 Å². The molecule has 9 heteroatoms. The summed E-state index contributed by atoms with van der Waals surface area (Å²) in [6, 6.07) is 21.3. The zero-order chi connectivity index (χ0) is 22.3. The monoisotopic (exact) mass is 446 g/mol. The lowest BCUT2D eigenvalue weighted by Gasteiger charge is -2.11. The molecular weight excluding hydrogens is 424 g/mol. The number of carbonyl (C=O) groups excluding carboxylic acids is 1. The molecule has 0 atom stereocenters. The highest BCUT2D eigenvalue weighted by molar-refractivity contribution is 7.99. The van der Waals surface area contributed by atoms with E-state index in [1.54, 1.807) is 13.3 Å². The largest absolute Gasteiger partial charge is 0.497 e. The van der Waals surface area contributed by atoms with Crippen LogP contribution in [0, 0.1) is 0 Å². The molecule has 0 aliphatic heterocycles. The van der Waals surface area contributed by atoms with Crippen LogP contribution in [0.4, 0.5) is 0 Å². The van der Waals surface area contributed by atoms with Gasteiger partial charge in [-0.05, 0) is 36.4 Å². The predicted octanol–water partition coefficient (Wildman–Crippen LogP) is 3.52. The van der Waals surface area contributed by atoms with Crippen LogP contribution in [0.5, 0.6) is 5.75 Å². The maximum atomic E-state index is 12.3. The highest BCUT2D eigenvalue weighted by Crippen LogP contribution is 2.28. The van der Waals surface area contributed by atoms with E-state index < -0.39 is 0 Å². The van der Waals surface area contributed by atoms with Crippen LogP contribution >= 0.6 is 11.8 Å². The van der Waals surface area contributed by atoms with Gasteiger partial charge >= 0.3 is 0 Å². The number of hydrogen-bond acceptors (Lipinski definition) is 6. The van der Waals surface area contributed by atoms with Crippen LogP contribution in [-0.4, -0.2) is 44.3 Å². The SMILES string of the molecule is COc1ccc(-n2c(SCC(=O)N/N=C/c3cccn3C)nnc2-c2ccccc2)cc1. The summed E-state index contributed by atoms with van der Waals surface area (Å²) in [5.74, 6) is 1.37. The molecular formula is C23H22N6O2S. The molecule has 0 spiro atoms. The lowest BCUT2D eigenvalue weighted by atomic mass is 10.2. The maximum absolute atomic E-state index is 12.3. The molecule has 0 unspecified atom stereocenters. The Bertz CT molecular complexity index is 1220. The minimum atomic E-state index is -0.231. The van der Waals surface area contributed by atoms with E-state index in [0.717, 1.165) is 22.7 Å². The molecule has 0 aliphatic rings.